The molecule has 16 heteroatoms. The summed E-state index contributed by atoms with van der Waals surface area (Å²) in [5, 5.41) is 7.48. The van der Waals surface area contributed by atoms with Gasteiger partial charge in [-0.2, -0.15) is 38.1 Å². The molecule has 0 bridgehead atoms. The highest BCUT2D eigenvalue weighted by atomic mass is 32.2. The molecule has 3 amide bonds. The number of amides is 3. The first-order chi connectivity index (χ1) is 21.8. The predicted octanol–water partition coefficient (Wildman–Crippen LogP) is 8.46. The van der Waals surface area contributed by atoms with Crippen molar-refractivity contribution in [2.75, 3.05) is 30.5 Å². The van der Waals surface area contributed by atoms with Crippen LogP contribution in [0.4, 0.5) is 42.1 Å². The number of ether oxygens (including phenoxy) is 1. The van der Waals surface area contributed by atoms with Crippen LogP contribution in [0.2, 0.25) is 0 Å². The Balaban J connectivity index is 1.74. The summed E-state index contributed by atoms with van der Waals surface area (Å²) < 4.78 is 98.9. The van der Waals surface area contributed by atoms with Crippen molar-refractivity contribution in [1.29, 1.82) is 0 Å². The molecular weight excluding hydrogens is 675 g/mol. The minimum Gasteiger partial charge on any atom is -0.496 e. The maximum atomic E-state index is 13.8. The quantitative estimate of drug-likeness (QED) is 0.152. The second-order valence-corrected chi connectivity index (χ2v) is 13.2. The first kappa shape index (κ1) is 35.5. The van der Waals surface area contributed by atoms with Crippen LogP contribution in [0.5, 0.6) is 5.75 Å². The van der Waals surface area contributed by atoms with Gasteiger partial charge in [0.15, 0.2) is 0 Å². The molecule has 0 unspecified atom stereocenters. The van der Waals surface area contributed by atoms with Crippen LogP contribution < -0.4 is 20.7 Å². The van der Waals surface area contributed by atoms with Gasteiger partial charge in [0.2, 0.25) is 0 Å². The highest BCUT2D eigenvalue weighted by Crippen LogP contribution is 2.41. The summed E-state index contributed by atoms with van der Waals surface area (Å²) in [6, 6.07) is 8.30. The molecule has 3 N–H and O–H groups in total. The smallest absolute Gasteiger partial charge is 0.419 e. The van der Waals surface area contributed by atoms with Crippen molar-refractivity contribution in [2.24, 2.45) is 0 Å². The fourth-order valence-corrected chi connectivity index (χ4v) is 5.55. The van der Waals surface area contributed by atoms with E-state index in [2.05, 4.69) is 16.0 Å². The molecule has 0 atom stereocenters. The van der Waals surface area contributed by atoms with Gasteiger partial charge in [0.1, 0.15) is 16.4 Å². The molecule has 3 aromatic carbocycles. The summed E-state index contributed by atoms with van der Waals surface area (Å²) >= 11 is 2.07. The number of fused-ring (bicyclic) bond motifs is 1. The Morgan fingerprint density at radius 3 is 2.17 bits per heavy atom. The van der Waals surface area contributed by atoms with E-state index in [4.69, 9.17) is 4.74 Å². The van der Waals surface area contributed by atoms with Crippen LogP contribution in [0.3, 0.4) is 0 Å². The first-order valence-electron chi connectivity index (χ1n) is 13.5. The number of alkyl halides is 6. The van der Waals surface area contributed by atoms with Gasteiger partial charge in [-0.15, -0.1) is 11.3 Å². The summed E-state index contributed by atoms with van der Waals surface area (Å²) in [5.41, 5.74) is -3.47. The van der Waals surface area contributed by atoms with Gasteiger partial charge in [-0.25, -0.2) is 4.39 Å². The van der Waals surface area contributed by atoms with Crippen LogP contribution in [0, 0.1) is 5.82 Å². The van der Waals surface area contributed by atoms with Gasteiger partial charge >= 0.3 is 12.4 Å². The van der Waals surface area contributed by atoms with E-state index in [-0.39, 0.29) is 42.3 Å². The average Bonchev–Trinajstić information content (AvgIpc) is 3.37. The van der Waals surface area contributed by atoms with Crippen LogP contribution in [0.1, 0.15) is 55.4 Å². The minimum atomic E-state index is -5.08. The largest absolute Gasteiger partial charge is 0.496 e. The normalized spacial score (nSPS) is 12.1. The van der Waals surface area contributed by atoms with E-state index < -0.39 is 52.7 Å². The standard InChI is InChI=1S/C31H26F7N3O4S2/c1-29(2,46-4)14-39-26(42)15-5-10-22(45-3)19(11-15)27(43)41-24-18-8-6-16(30(33,34)35)12-23(18)47-25(24)28(44)40-17-7-9-21(32)20(13-17)31(36,37)38/h5-13H,14H2,1-4H3,(H,39,42)(H,40,44)(H,41,43). The molecule has 0 radical (unpaired) electrons. The molecule has 0 saturated carbocycles. The van der Waals surface area contributed by atoms with Gasteiger partial charge in [-0.3, -0.25) is 14.4 Å². The number of rotatable bonds is 9. The van der Waals surface area contributed by atoms with Crippen LogP contribution >= 0.6 is 23.1 Å². The minimum absolute atomic E-state index is 0.0174. The summed E-state index contributed by atoms with van der Waals surface area (Å²) in [7, 11) is 1.27. The molecular formula is C31H26F7N3O4S2. The number of carbonyl (C=O) groups is 3. The molecule has 7 nitrogen and oxygen atoms in total. The Labute approximate surface area is 271 Å². The van der Waals surface area contributed by atoms with Crippen molar-refractivity contribution < 1.29 is 49.9 Å². The highest BCUT2D eigenvalue weighted by Gasteiger charge is 2.35. The molecule has 0 aliphatic rings. The van der Waals surface area contributed by atoms with Crippen LogP contribution in [0.25, 0.3) is 10.1 Å². The van der Waals surface area contributed by atoms with E-state index in [0.29, 0.717) is 30.0 Å². The summed E-state index contributed by atoms with van der Waals surface area (Å²) in [4.78, 5) is 39.5. The SMILES string of the molecule is COc1ccc(C(=O)NCC(C)(C)SC)cc1C(=O)Nc1c(C(=O)Nc2ccc(F)c(C(F)(F)F)c2)sc2cc(C(F)(F)F)ccc12. The van der Waals surface area contributed by atoms with E-state index in [9.17, 15) is 45.1 Å². The third-order valence-electron chi connectivity index (χ3n) is 6.93. The Morgan fingerprint density at radius 2 is 1.55 bits per heavy atom. The van der Waals surface area contributed by atoms with Crippen molar-refractivity contribution in [3.63, 3.8) is 0 Å². The Bertz CT molecular complexity index is 1850. The molecule has 4 aromatic rings. The molecule has 1 aromatic heterocycles. The van der Waals surface area contributed by atoms with Crippen molar-refractivity contribution >= 4 is 62.3 Å². The van der Waals surface area contributed by atoms with Gasteiger partial charge < -0.3 is 20.7 Å². The number of benzene rings is 3. The summed E-state index contributed by atoms with van der Waals surface area (Å²) in [6.07, 6.45) is -7.94. The van der Waals surface area contributed by atoms with Crippen molar-refractivity contribution in [3.05, 3.63) is 87.5 Å². The average molecular weight is 702 g/mol. The number of methoxy groups -OCH3 is 1. The number of hydrogen-bond donors (Lipinski definition) is 3. The number of nitrogens with one attached hydrogen (secondary N) is 3. The first-order valence-corrected chi connectivity index (χ1v) is 15.5. The molecule has 0 fully saturated rings. The lowest BCUT2D eigenvalue weighted by Gasteiger charge is -2.22. The maximum absolute atomic E-state index is 13.8. The zero-order valence-corrected chi connectivity index (χ0v) is 26.6. The topological polar surface area (TPSA) is 96.5 Å². The zero-order chi connectivity index (χ0) is 34.9. The predicted molar refractivity (Wildman–Crippen MR) is 167 cm³/mol. The van der Waals surface area contributed by atoms with Gasteiger partial charge in [-0.05, 0) is 68.6 Å². The van der Waals surface area contributed by atoms with Crippen molar-refractivity contribution in [3.8, 4) is 5.75 Å². The van der Waals surface area contributed by atoms with E-state index in [1.807, 2.05) is 20.1 Å². The number of anilines is 2. The molecule has 0 saturated heterocycles. The molecule has 0 aliphatic carbocycles. The number of carbonyl (C=O) groups excluding carboxylic acids is 3. The molecule has 250 valence electrons. The van der Waals surface area contributed by atoms with Gasteiger partial charge in [0.05, 0.1) is 29.5 Å². The Morgan fingerprint density at radius 1 is 0.851 bits per heavy atom. The monoisotopic (exact) mass is 701 g/mol. The van der Waals surface area contributed by atoms with Crippen molar-refractivity contribution in [1.82, 2.24) is 5.32 Å². The molecule has 0 spiro atoms. The molecule has 47 heavy (non-hydrogen) atoms. The number of halogens is 7. The highest BCUT2D eigenvalue weighted by molar-refractivity contribution is 7.99. The second-order valence-electron chi connectivity index (χ2n) is 10.7. The lowest BCUT2D eigenvalue weighted by molar-refractivity contribution is -0.140. The van der Waals surface area contributed by atoms with Crippen LogP contribution in [-0.2, 0) is 12.4 Å². The van der Waals surface area contributed by atoms with E-state index >= 15 is 0 Å². The summed E-state index contributed by atoms with van der Waals surface area (Å²) in [5.74, 6) is -4.05. The van der Waals surface area contributed by atoms with E-state index in [1.54, 1.807) is 0 Å². The van der Waals surface area contributed by atoms with Crippen LogP contribution in [0.15, 0.2) is 54.6 Å². The summed E-state index contributed by atoms with van der Waals surface area (Å²) in [6.45, 7) is 4.15. The number of hydrogen-bond acceptors (Lipinski definition) is 6. The number of thiophene rings is 1. The fourth-order valence-electron chi connectivity index (χ4n) is 4.24. The third kappa shape index (κ3) is 8.16. The second kappa shape index (κ2) is 13.4. The van der Waals surface area contributed by atoms with E-state index in [1.165, 1.54) is 37.1 Å². The number of thioether (sulfide) groups is 1. The molecule has 0 aliphatic heterocycles. The third-order valence-corrected chi connectivity index (χ3v) is 9.33. The van der Waals surface area contributed by atoms with Gasteiger partial charge in [-0.1, -0.05) is 6.07 Å². The maximum Gasteiger partial charge on any atom is 0.419 e. The zero-order valence-electron chi connectivity index (χ0n) is 25.0. The lowest BCUT2D eigenvalue weighted by Crippen LogP contribution is -2.36. The van der Waals surface area contributed by atoms with Crippen molar-refractivity contribution in [2.45, 2.75) is 30.9 Å². The Kier molecular flexibility index (Phi) is 10.2. The van der Waals surface area contributed by atoms with Crippen LogP contribution in [-0.4, -0.2) is 42.4 Å². The Hall–Kier alpha value is -4.31. The van der Waals surface area contributed by atoms with Gasteiger partial charge in [0, 0.05) is 32.6 Å². The molecule has 4 rings (SSSR count). The van der Waals surface area contributed by atoms with E-state index in [0.717, 1.165) is 24.3 Å². The fraction of sp³-hybridized carbons (Fsp3) is 0.258. The lowest BCUT2D eigenvalue weighted by atomic mass is 10.1. The van der Waals surface area contributed by atoms with Gasteiger partial charge in [0.25, 0.3) is 17.7 Å². The molecule has 1 heterocycles.